The monoisotopic (exact) mass is 365 g/mol. The molecule has 138 valence electrons. The van der Waals surface area contributed by atoms with Gasteiger partial charge < -0.3 is 9.80 Å². The number of nitrogens with zero attached hydrogens (tertiary/aromatic N) is 3. The standard InChI is InChI=1S/C18H27N3O3S/c1-15-5-3-4-6-17(15)21-10-8-20(9-11-21)13-18(22)19(2)16-7-12-25(23,24)14-16/h3-6,16H,7-14H2,1-2H3/t16-/m0/s1. The number of rotatable bonds is 4. The second-order valence-electron chi connectivity index (χ2n) is 7.11. The minimum absolute atomic E-state index is 0.0199. The number of likely N-dealkylation sites (N-methyl/N-ethyl adjacent to an activating group) is 1. The summed E-state index contributed by atoms with van der Waals surface area (Å²) in [6, 6.07) is 8.21. The van der Waals surface area contributed by atoms with Crippen molar-refractivity contribution in [3.63, 3.8) is 0 Å². The van der Waals surface area contributed by atoms with Crippen molar-refractivity contribution in [1.29, 1.82) is 0 Å². The maximum absolute atomic E-state index is 12.5. The fraction of sp³-hybridized carbons (Fsp3) is 0.611. The van der Waals surface area contributed by atoms with Gasteiger partial charge in [0, 0.05) is 45.0 Å². The molecule has 3 rings (SSSR count). The number of amides is 1. The molecule has 2 aliphatic heterocycles. The summed E-state index contributed by atoms with van der Waals surface area (Å²) >= 11 is 0. The normalized spacial score (nSPS) is 23.6. The molecule has 0 bridgehead atoms. The lowest BCUT2D eigenvalue weighted by Crippen LogP contribution is -2.51. The predicted octanol–water partition coefficient (Wildman–Crippen LogP) is 0.763. The van der Waals surface area contributed by atoms with Crippen molar-refractivity contribution in [2.45, 2.75) is 19.4 Å². The Hall–Kier alpha value is -1.60. The second-order valence-corrected chi connectivity index (χ2v) is 9.34. The van der Waals surface area contributed by atoms with E-state index in [4.69, 9.17) is 0 Å². The molecule has 1 aromatic carbocycles. The van der Waals surface area contributed by atoms with Crippen molar-refractivity contribution in [3.05, 3.63) is 29.8 Å². The average Bonchev–Trinajstić information content (AvgIpc) is 2.95. The van der Waals surface area contributed by atoms with Gasteiger partial charge in [-0.05, 0) is 25.0 Å². The van der Waals surface area contributed by atoms with Gasteiger partial charge in [0.05, 0.1) is 18.1 Å². The molecule has 0 N–H and O–H groups in total. The largest absolute Gasteiger partial charge is 0.369 e. The molecule has 2 fully saturated rings. The molecule has 1 aromatic rings. The van der Waals surface area contributed by atoms with Gasteiger partial charge in [0.25, 0.3) is 0 Å². The summed E-state index contributed by atoms with van der Waals surface area (Å²) in [5.74, 6) is 0.326. The maximum atomic E-state index is 12.5. The summed E-state index contributed by atoms with van der Waals surface area (Å²) in [6.45, 7) is 5.98. The molecular weight excluding hydrogens is 338 g/mol. The van der Waals surface area contributed by atoms with Crippen molar-refractivity contribution in [2.75, 3.05) is 56.2 Å². The smallest absolute Gasteiger partial charge is 0.236 e. The molecule has 0 aliphatic carbocycles. The summed E-state index contributed by atoms with van der Waals surface area (Å²) in [7, 11) is -1.23. The van der Waals surface area contributed by atoms with Crippen molar-refractivity contribution in [2.24, 2.45) is 0 Å². The van der Waals surface area contributed by atoms with Crippen LogP contribution in [0.25, 0.3) is 0 Å². The number of para-hydroxylation sites is 1. The summed E-state index contributed by atoms with van der Waals surface area (Å²) in [4.78, 5) is 18.7. The first-order valence-corrected chi connectivity index (χ1v) is 10.7. The summed E-state index contributed by atoms with van der Waals surface area (Å²) < 4.78 is 23.2. The molecule has 1 atom stereocenters. The summed E-state index contributed by atoms with van der Waals surface area (Å²) in [6.07, 6.45) is 0.561. The van der Waals surface area contributed by atoms with E-state index in [1.807, 2.05) is 6.07 Å². The van der Waals surface area contributed by atoms with Crippen LogP contribution in [0.1, 0.15) is 12.0 Å². The average molecular weight is 365 g/mol. The van der Waals surface area contributed by atoms with Crippen molar-refractivity contribution < 1.29 is 13.2 Å². The molecule has 0 unspecified atom stereocenters. The van der Waals surface area contributed by atoms with Gasteiger partial charge in [0.1, 0.15) is 0 Å². The highest BCUT2D eigenvalue weighted by Gasteiger charge is 2.33. The number of carbonyl (C=O) groups is 1. The van der Waals surface area contributed by atoms with Crippen LogP contribution < -0.4 is 4.90 Å². The minimum atomic E-state index is -2.96. The van der Waals surface area contributed by atoms with E-state index in [-0.39, 0.29) is 23.5 Å². The molecule has 6 nitrogen and oxygen atoms in total. The van der Waals surface area contributed by atoms with Crippen LogP contribution in [0.5, 0.6) is 0 Å². The Labute approximate surface area is 150 Å². The third kappa shape index (κ3) is 4.33. The second kappa shape index (κ2) is 7.33. The lowest BCUT2D eigenvalue weighted by molar-refractivity contribution is -0.132. The van der Waals surface area contributed by atoms with Gasteiger partial charge in [-0.1, -0.05) is 18.2 Å². The molecule has 1 amide bonds. The SMILES string of the molecule is Cc1ccccc1N1CCN(CC(=O)N(C)[C@H]2CCS(=O)(=O)C2)CC1. The van der Waals surface area contributed by atoms with Gasteiger partial charge >= 0.3 is 0 Å². The fourth-order valence-electron chi connectivity index (χ4n) is 3.65. The predicted molar refractivity (Wildman–Crippen MR) is 99.7 cm³/mol. The number of benzene rings is 1. The topological polar surface area (TPSA) is 60.9 Å². The van der Waals surface area contributed by atoms with Gasteiger partial charge in [-0.15, -0.1) is 0 Å². The molecule has 2 saturated heterocycles. The van der Waals surface area contributed by atoms with E-state index in [0.717, 1.165) is 26.2 Å². The Morgan fingerprint density at radius 1 is 1.20 bits per heavy atom. The van der Waals surface area contributed by atoms with E-state index >= 15 is 0 Å². The highest BCUT2D eigenvalue weighted by Crippen LogP contribution is 2.21. The summed E-state index contributed by atoms with van der Waals surface area (Å²) in [5, 5.41) is 0. The zero-order chi connectivity index (χ0) is 18.0. The van der Waals surface area contributed by atoms with E-state index in [9.17, 15) is 13.2 Å². The van der Waals surface area contributed by atoms with Crippen LogP contribution in [0.2, 0.25) is 0 Å². The van der Waals surface area contributed by atoms with E-state index in [1.54, 1.807) is 11.9 Å². The van der Waals surface area contributed by atoms with Crippen LogP contribution in [0.15, 0.2) is 24.3 Å². The van der Waals surface area contributed by atoms with Gasteiger partial charge in [-0.25, -0.2) is 8.42 Å². The quantitative estimate of drug-likeness (QED) is 0.789. The Bertz CT molecular complexity index is 727. The molecule has 0 aromatic heterocycles. The highest BCUT2D eigenvalue weighted by molar-refractivity contribution is 7.91. The highest BCUT2D eigenvalue weighted by atomic mass is 32.2. The van der Waals surface area contributed by atoms with Crippen LogP contribution in [-0.2, 0) is 14.6 Å². The Balaban J connectivity index is 1.50. The third-order valence-corrected chi connectivity index (χ3v) is 7.09. The Morgan fingerprint density at radius 2 is 1.88 bits per heavy atom. The van der Waals surface area contributed by atoms with Crippen LogP contribution >= 0.6 is 0 Å². The molecule has 7 heteroatoms. The Morgan fingerprint density at radius 3 is 2.48 bits per heavy atom. The number of anilines is 1. The van der Waals surface area contributed by atoms with Gasteiger partial charge in [-0.3, -0.25) is 9.69 Å². The molecule has 0 radical (unpaired) electrons. The molecule has 0 spiro atoms. The lowest BCUT2D eigenvalue weighted by atomic mass is 10.1. The minimum Gasteiger partial charge on any atom is -0.369 e. The van der Waals surface area contributed by atoms with Crippen molar-refractivity contribution >= 4 is 21.4 Å². The van der Waals surface area contributed by atoms with Crippen LogP contribution in [-0.4, -0.2) is 81.4 Å². The fourth-order valence-corrected chi connectivity index (χ4v) is 5.43. The number of hydrogen-bond acceptors (Lipinski definition) is 5. The van der Waals surface area contributed by atoms with Crippen LogP contribution in [0.3, 0.4) is 0 Å². The van der Waals surface area contributed by atoms with Crippen molar-refractivity contribution in [1.82, 2.24) is 9.80 Å². The molecule has 2 aliphatic rings. The first-order chi connectivity index (χ1) is 11.9. The van der Waals surface area contributed by atoms with Gasteiger partial charge in [-0.2, -0.15) is 0 Å². The zero-order valence-electron chi connectivity index (χ0n) is 15.0. The molecule has 25 heavy (non-hydrogen) atoms. The number of sulfone groups is 1. The van der Waals surface area contributed by atoms with E-state index < -0.39 is 9.84 Å². The maximum Gasteiger partial charge on any atom is 0.236 e. The number of hydrogen-bond donors (Lipinski definition) is 0. The van der Waals surface area contributed by atoms with Gasteiger partial charge in [0.2, 0.25) is 5.91 Å². The molecular formula is C18H27N3O3S. The van der Waals surface area contributed by atoms with Crippen molar-refractivity contribution in [3.8, 4) is 0 Å². The molecule has 2 heterocycles. The first kappa shape index (κ1) is 18.2. The Kier molecular flexibility index (Phi) is 5.34. The lowest BCUT2D eigenvalue weighted by Gasteiger charge is -2.37. The van der Waals surface area contributed by atoms with E-state index in [1.165, 1.54) is 11.3 Å². The third-order valence-electron chi connectivity index (χ3n) is 5.34. The first-order valence-electron chi connectivity index (χ1n) is 8.85. The zero-order valence-corrected chi connectivity index (χ0v) is 15.8. The number of carbonyl (C=O) groups excluding carboxylic acids is 1. The van der Waals surface area contributed by atoms with Crippen LogP contribution in [0.4, 0.5) is 5.69 Å². The van der Waals surface area contributed by atoms with Gasteiger partial charge in [0.15, 0.2) is 9.84 Å². The summed E-state index contributed by atoms with van der Waals surface area (Å²) in [5.41, 5.74) is 2.54. The number of piperazine rings is 1. The molecule has 0 saturated carbocycles. The van der Waals surface area contributed by atoms with E-state index in [2.05, 4.69) is 34.9 Å². The number of aryl methyl sites for hydroxylation is 1. The van der Waals surface area contributed by atoms with E-state index in [0.29, 0.717) is 13.0 Å². The van der Waals surface area contributed by atoms with Crippen LogP contribution in [0, 0.1) is 6.92 Å².